The molecule has 1 aliphatic rings. The van der Waals surface area contributed by atoms with Crippen molar-refractivity contribution in [1.82, 2.24) is 9.97 Å². The van der Waals surface area contributed by atoms with Crippen LogP contribution in [0.15, 0.2) is 60.6 Å². The summed E-state index contributed by atoms with van der Waals surface area (Å²) in [5.74, 6) is 2.37. The van der Waals surface area contributed by atoms with E-state index in [9.17, 15) is 0 Å². The SMILES string of the molecule is CC(C)C1=CC[N-]CC1.CC(C)CCCc1ccccn1.CC(C)CCCc1cccnc1.[Rb+]. The minimum absolute atomic E-state index is 0. The summed E-state index contributed by atoms with van der Waals surface area (Å²) in [7, 11) is 0. The molecular weight excluding hydrogens is 488 g/mol. The van der Waals surface area contributed by atoms with Crippen molar-refractivity contribution in [3.05, 3.63) is 77.1 Å². The van der Waals surface area contributed by atoms with Crippen molar-refractivity contribution in [2.24, 2.45) is 17.8 Å². The van der Waals surface area contributed by atoms with E-state index in [4.69, 9.17) is 0 Å². The molecule has 0 saturated carbocycles. The Hall–Kier alpha value is -0.195. The van der Waals surface area contributed by atoms with Gasteiger partial charge in [-0.15, -0.1) is 19.2 Å². The van der Waals surface area contributed by atoms with Crippen molar-refractivity contribution in [3.8, 4) is 0 Å². The maximum absolute atomic E-state index is 4.28. The maximum Gasteiger partial charge on any atom is 1.00 e. The van der Waals surface area contributed by atoms with E-state index in [0.29, 0.717) is 0 Å². The minimum Gasteiger partial charge on any atom is -0.659 e. The molecule has 2 aromatic rings. The number of nitrogens with zero attached hydrogens (tertiary/aromatic N) is 3. The number of aryl methyl sites for hydroxylation is 2. The largest absolute Gasteiger partial charge is 1.00 e. The summed E-state index contributed by atoms with van der Waals surface area (Å²) in [6, 6.07) is 10.3. The van der Waals surface area contributed by atoms with Gasteiger partial charge >= 0.3 is 58.2 Å². The van der Waals surface area contributed by atoms with Gasteiger partial charge < -0.3 is 5.32 Å². The zero-order chi connectivity index (χ0) is 24.3. The molecule has 4 heteroatoms. The predicted octanol–water partition coefficient (Wildman–Crippen LogP) is 5.47. The topological polar surface area (TPSA) is 39.9 Å². The van der Waals surface area contributed by atoms with Crippen molar-refractivity contribution >= 4 is 0 Å². The van der Waals surface area contributed by atoms with Crippen LogP contribution < -0.4 is 58.2 Å². The Balaban J connectivity index is 0.000000479. The summed E-state index contributed by atoms with van der Waals surface area (Å²) in [6.45, 7) is 15.6. The van der Waals surface area contributed by atoms with E-state index in [2.05, 4.69) is 81.1 Å². The van der Waals surface area contributed by atoms with Crippen LogP contribution in [0.1, 0.15) is 84.9 Å². The molecule has 0 atom stereocenters. The summed E-state index contributed by atoms with van der Waals surface area (Å²) in [6.07, 6.45) is 16.6. The first-order valence-electron chi connectivity index (χ1n) is 13.0. The van der Waals surface area contributed by atoms with Crippen molar-refractivity contribution in [1.29, 1.82) is 0 Å². The number of aromatic nitrogens is 2. The van der Waals surface area contributed by atoms with Crippen LogP contribution in [0, 0.1) is 17.8 Å². The van der Waals surface area contributed by atoms with Gasteiger partial charge in [0.1, 0.15) is 0 Å². The van der Waals surface area contributed by atoms with Gasteiger partial charge in [-0.05, 0) is 67.2 Å². The smallest absolute Gasteiger partial charge is 0.659 e. The monoisotopic (exact) mass is 535 g/mol. The van der Waals surface area contributed by atoms with Gasteiger partial charge in [-0.2, -0.15) is 0 Å². The number of pyridine rings is 2. The molecule has 34 heavy (non-hydrogen) atoms. The summed E-state index contributed by atoms with van der Waals surface area (Å²) in [5.41, 5.74) is 4.17. The summed E-state index contributed by atoms with van der Waals surface area (Å²) >= 11 is 0. The second-order valence-electron chi connectivity index (χ2n) is 10.1. The molecule has 0 bridgehead atoms. The number of hydrogen-bond donors (Lipinski definition) is 0. The molecule has 184 valence electrons. The van der Waals surface area contributed by atoms with Crippen LogP contribution in [0.4, 0.5) is 0 Å². The Morgan fingerprint density at radius 2 is 1.56 bits per heavy atom. The van der Waals surface area contributed by atoms with Crippen molar-refractivity contribution in [2.75, 3.05) is 13.1 Å². The van der Waals surface area contributed by atoms with Crippen LogP contribution in [-0.2, 0) is 12.8 Å². The molecule has 0 unspecified atom stereocenters. The summed E-state index contributed by atoms with van der Waals surface area (Å²) in [5, 5.41) is 4.23. The van der Waals surface area contributed by atoms with E-state index in [1.54, 1.807) is 5.57 Å². The van der Waals surface area contributed by atoms with E-state index < -0.39 is 0 Å². The average Bonchev–Trinajstić information content (AvgIpc) is 2.81. The van der Waals surface area contributed by atoms with Crippen LogP contribution >= 0.6 is 0 Å². The predicted molar refractivity (Wildman–Crippen MR) is 145 cm³/mol. The zero-order valence-electron chi connectivity index (χ0n) is 23.1. The van der Waals surface area contributed by atoms with E-state index in [0.717, 1.165) is 37.3 Å². The van der Waals surface area contributed by atoms with E-state index in [1.165, 1.54) is 49.8 Å². The van der Waals surface area contributed by atoms with E-state index >= 15 is 0 Å². The molecule has 0 aliphatic carbocycles. The van der Waals surface area contributed by atoms with Gasteiger partial charge in [-0.3, -0.25) is 9.97 Å². The second kappa shape index (κ2) is 22.0. The molecule has 1 aliphatic heterocycles. The first-order valence-corrected chi connectivity index (χ1v) is 13.0. The molecule has 0 spiro atoms. The van der Waals surface area contributed by atoms with E-state index in [1.807, 2.05) is 30.7 Å². The molecule has 0 fully saturated rings. The van der Waals surface area contributed by atoms with Gasteiger partial charge in [-0.25, -0.2) is 0 Å². The fourth-order valence-corrected chi connectivity index (χ4v) is 3.61. The summed E-state index contributed by atoms with van der Waals surface area (Å²) < 4.78 is 0. The normalized spacial score (nSPS) is 12.8. The van der Waals surface area contributed by atoms with Crippen LogP contribution in [0.25, 0.3) is 5.32 Å². The quantitative estimate of drug-likeness (QED) is 0.399. The molecule has 0 N–H and O–H groups in total. The van der Waals surface area contributed by atoms with Crippen molar-refractivity contribution in [3.63, 3.8) is 0 Å². The number of rotatable bonds is 9. The van der Waals surface area contributed by atoms with Gasteiger partial charge in [0.15, 0.2) is 0 Å². The Kier molecular flexibility index (Phi) is 21.9. The Morgan fingerprint density at radius 1 is 0.853 bits per heavy atom. The first kappa shape index (κ1) is 33.8. The second-order valence-corrected chi connectivity index (χ2v) is 10.1. The summed E-state index contributed by atoms with van der Waals surface area (Å²) in [4.78, 5) is 8.36. The van der Waals surface area contributed by atoms with Gasteiger partial charge in [0, 0.05) is 24.3 Å². The van der Waals surface area contributed by atoms with Crippen LogP contribution in [0.5, 0.6) is 0 Å². The molecule has 3 nitrogen and oxygen atoms in total. The molecule has 2 aromatic heterocycles. The van der Waals surface area contributed by atoms with Crippen LogP contribution in [-0.4, -0.2) is 23.1 Å². The van der Waals surface area contributed by atoms with Gasteiger partial charge in [0.05, 0.1) is 0 Å². The Morgan fingerprint density at radius 3 is 2.03 bits per heavy atom. The fourth-order valence-electron chi connectivity index (χ4n) is 3.61. The van der Waals surface area contributed by atoms with Crippen molar-refractivity contribution in [2.45, 2.75) is 86.5 Å². The van der Waals surface area contributed by atoms with Crippen LogP contribution in [0.3, 0.4) is 0 Å². The van der Waals surface area contributed by atoms with Gasteiger partial charge in [0.2, 0.25) is 0 Å². The van der Waals surface area contributed by atoms with Crippen molar-refractivity contribution < 1.29 is 58.2 Å². The molecule has 0 aromatic carbocycles. The fraction of sp³-hybridized carbons (Fsp3) is 0.600. The van der Waals surface area contributed by atoms with E-state index in [-0.39, 0.29) is 58.2 Å². The number of hydrogen-bond acceptors (Lipinski definition) is 2. The third-order valence-corrected chi connectivity index (χ3v) is 5.69. The average molecular weight is 536 g/mol. The molecule has 0 radical (unpaired) electrons. The van der Waals surface area contributed by atoms with Crippen LogP contribution in [0.2, 0.25) is 0 Å². The Labute approximate surface area is 259 Å². The minimum atomic E-state index is 0. The zero-order valence-corrected chi connectivity index (χ0v) is 28.0. The Bertz CT molecular complexity index is 678. The molecule has 0 saturated heterocycles. The third-order valence-electron chi connectivity index (χ3n) is 5.69. The molecule has 3 rings (SSSR count). The molecule has 3 heterocycles. The molecule has 0 amide bonds. The van der Waals surface area contributed by atoms with Gasteiger partial charge in [0.25, 0.3) is 0 Å². The first-order chi connectivity index (χ1) is 15.9. The molecular formula is C30H48N3Rb. The third kappa shape index (κ3) is 19.0. The van der Waals surface area contributed by atoms with Gasteiger partial charge in [-0.1, -0.05) is 78.5 Å². The maximum atomic E-state index is 4.28. The standard InChI is InChI=1S/2C11H17N.C8H14N.Rb/c1-10(2)5-3-6-11-7-4-8-12-9-11;1-10(2)6-5-8-11-7-3-4-9-12-11;1-7(2)8-3-5-9-6-4-8;/h4,7-10H,3,5-6H2,1-2H3;3-4,7,9-10H,5-6,8H2,1-2H3;3,7H,4-6H2,1-2H3;/q;;-1;+1.